The Balaban J connectivity index is 1.75. The second-order valence-electron chi connectivity index (χ2n) is 8.86. The zero-order valence-corrected chi connectivity index (χ0v) is 20.1. The lowest BCUT2D eigenvalue weighted by molar-refractivity contribution is -0.211. The predicted octanol–water partition coefficient (Wildman–Crippen LogP) is 4.67. The number of nitrogens with two attached hydrogens (primary N) is 2. The molecule has 2 unspecified atom stereocenters. The van der Waals surface area contributed by atoms with Gasteiger partial charge in [-0.25, -0.2) is 9.59 Å². The maximum atomic E-state index is 13.0. The molecule has 0 amide bonds. The smallest absolute Gasteiger partial charge is 0.352 e. The number of hydrogen-bond donors (Lipinski definition) is 2. The van der Waals surface area contributed by atoms with Crippen LogP contribution in [0.25, 0.3) is 0 Å². The molecule has 3 aromatic carbocycles. The Morgan fingerprint density at radius 1 is 0.944 bits per heavy atom. The van der Waals surface area contributed by atoms with Gasteiger partial charge in [0, 0.05) is 30.0 Å². The van der Waals surface area contributed by atoms with Crippen LogP contribution in [0.3, 0.4) is 0 Å². The molecule has 1 aliphatic rings. The van der Waals surface area contributed by atoms with E-state index in [4.69, 9.17) is 26.2 Å². The fourth-order valence-corrected chi connectivity index (χ4v) is 5.01. The molecule has 4 rings (SSSR count). The standard InChI is InChI=1S/C29H30N2O5/c1-19(32)35-36-27-17-9-15-22-23(14-8-16-24(22)27)25(29(33)34-31)18-26(30)28(20-10-4-2-5-11-20)21-12-6-3-7-13-21/h2-7,9-13,15,17-18,23,25,28H,8,14,16,30-31H2,1H3. The van der Waals surface area contributed by atoms with Gasteiger partial charge >= 0.3 is 11.9 Å². The quantitative estimate of drug-likeness (QED) is 0.351. The molecular formula is C29H30N2O5. The lowest BCUT2D eigenvalue weighted by Gasteiger charge is -2.31. The van der Waals surface area contributed by atoms with Crippen molar-refractivity contribution in [1.82, 2.24) is 0 Å². The van der Waals surface area contributed by atoms with Gasteiger partial charge in [0.2, 0.25) is 0 Å². The third-order valence-corrected chi connectivity index (χ3v) is 6.55. The first-order chi connectivity index (χ1) is 17.5. The second-order valence-corrected chi connectivity index (χ2v) is 8.86. The van der Waals surface area contributed by atoms with Gasteiger partial charge in [0.05, 0.1) is 5.92 Å². The Morgan fingerprint density at radius 2 is 1.58 bits per heavy atom. The number of allylic oxidation sites excluding steroid dienone is 1. The van der Waals surface area contributed by atoms with Crippen molar-refractivity contribution in [3.63, 3.8) is 0 Å². The van der Waals surface area contributed by atoms with Crippen molar-refractivity contribution in [3.8, 4) is 5.75 Å². The zero-order chi connectivity index (χ0) is 25.5. The van der Waals surface area contributed by atoms with E-state index in [1.807, 2.05) is 72.8 Å². The molecule has 186 valence electrons. The van der Waals surface area contributed by atoms with Crippen molar-refractivity contribution >= 4 is 11.9 Å². The van der Waals surface area contributed by atoms with Gasteiger partial charge in [-0.15, -0.1) is 0 Å². The third-order valence-electron chi connectivity index (χ3n) is 6.55. The fraction of sp³-hybridized carbons (Fsp3) is 0.241. The highest BCUT2D eigenvalue weighted by molar-refractivity contribution is 5.76. The fourth-order valence-electron chi connectivity index (χ4n) is 5.01. The molecule has 0 aromatic heterocycles. The molecule has 0 saturated heterocycles. The Hall–Kier alpha value is -4.10. The summed E-state index contributed by atoms with van der Waals surface area (Å²) in [5.74, 6) is 3.52. The first-order valence-electron chi connectivity index (χ1n) is 11.9. The predicted molar refractivity (Wildman–Crippen MR) is 135 cm³/mol. The number of benzene rings is 3. The molecule has 0 fully saturated rings. The highest BCUT2D eigenvalue weighted by Gasteiger charge is 2.35. The first kappa shape index (κ1) is 25.0. The Bertz CT molecular complexity index is 1190. The van der Waals surface area contributed by atoms with E-state index in [1.54, 1.807) is 12.1 Å². The topological polar surface area (TPSA) is 114 Å². The molecule has 36 heavy (non-hydrogen) atoms. The average molecular weight is 487 g/mol. The number of carbonyl (C=O) groups is 2. The highest BCUT2D eigenvalue weighted by atomic mass is 17.2. The van der Waals surface area contributed by atoms with Crippen LogP contribution in [-0.4, -0.2) is 11.9 Å². The van der Waals surface area contributed by atoms with E-state index in [1.165, 1.54) is 6.92 Å². The van der Waals surface area contributed by atoms with Crippen LogP contribution in [0, 0.1) is 5.92 Å². The lowest BCUT2D eigenvalue weighted by Crippen LogP contribution is -2.29. The molecule has 7 heteroatoms. The van der Waals surface area contributed by atoms with E-state index in [0.717, 1.165) is 41.5 Å². The van der Waals surface area contributed by atoms with Crippen LogP contribution < -0.4 is 16.5 Å². The van der Waals surface area contributed by atoms with Crippen LogP contribution >= 0.6 is 0 Å². The minimum absolute atomic E-state index is 0.239. The largest absolute Gasteiger partial charge is 0.401 e. The number of carbonyl (C=O) groups excluding carboxylic acids is 2. The molecule has 3 aromatic rings. The van der Waals surface area contributed by atoms with Crippen molar-refractivity contribution in [3.05, 3.63) is 113 Å². The van der Waals surface area contributed by atoms with Crippen molar-refractivity contribution in [2.24, 2.45) is 17.5 Å². The van der Waals surface area contributed by atoms with Gasteiger partial charge in [-0.2, -0.15) is 5.90 Å². The Labute approximate surface area is 210 Å². The lowest BCUT2D eigenvalue weighted by atomic mass is 9.74. The van der Waals surface area contributed by atoms with E-state index in [-0.39, 0.29) is 11.8 Å². The SMILES string of the molecule is CC(=O)OOc1cccc2c1CCCC2C(C=C(N)C(c1ccccc1)c1ccccc1)C(=O)ON. The maximum absolute atomic E-state index is 13.0. The molecule has 2 atom stereocenters. The normalized spacial score (nSPS) is 16.1. The van der Waals surface area contributed by atoms with E-state index in [2.05, 4.69) is 0 Å². The van der Waals surface area contributed by atoms with E-state index < -0.39 is 17.9 Å². The van der Waals surface area contributed by atoms with Gasteiger partial charge in [0.15, 0.2) is 5.75 Å². The monoisotopic (exact) mass is 486 g/mol. The molecule has 0 spiro atoms. The molecule has 7 nitrogen and oxygen atoms in total. The summed E-state index contributed by atoms with van der Waals surface area (Å²) in [5, 5.41) is 0. The summed E-state index contributed by atoms with van der Waals surface area (Å²) in [6.45, 7) is 1.27. The highest BCUT2D eigenvalue weighted by Crippen LogP contribution is 2.42. The van der Waals surface area contributed by atoms with Gasteiger partial charge in [0.25, 0.3) is 0 Å². The molecule has 0 bridgehead atoms. The summed E-state index contributed by atoms with van der Waals surface area (Å²) in [6.07, 6.45) is 4.04. The number of hydrogen-bond acceptors (Lipinski definition) is 7. The van der Waals surface area contributed by atoms with Crippen LogP contribution in [0.1, 0.15) is 53.9 Å². The molecule has 0 radical (unpaired) electrons. The van der Waals surface area contributed by atoms with Crippen molar-refractivity contribution < 1.29 is 24.2 Å². The Kier molecular flexibility index (Phi) is 8.02. The van der Waals surface area contributed by atoms with E-state index in [9.17, 15) is 9.59 Å². The number of rotatable bonds is 8. The minimum atomic E-state index is -0.715. The van der Waals surface area contributed by atoms with Gasteiger partial charge in [-0.05, 0) is 48.1 Å². The van der Waals surface area contributed by atoms with E-state index >= 15 is 0 Å². The maximum Gasteiger partial charge on any atom is 0.352 e. The number of fused-ring (bicyclic) bond motifs is 1. The summed E-state index contributed by atoms with van der Waals surface area (Å²) in [6, 6.07) is 25.3. The zero-order valence-electron chi connectivity index (χ0n) is 20.1. The summed E-state index contributed by atoms with van der Waals surface area (Å²) in [4.78, 5) is 39.1. The summed E-state index contributed by atoms with van der Waals surface area (Å²) in [7, 11) is 0. The van der Waals surface area contributed by atoms with Gasteiger partial charge < -0.3 is 10.6 Å². The van der Waals surface area contributed by atoms with Crippen molar-refractivity contribution in [1.29, 1.82) is 0 Å². The van der Waals surface area contributed by atoms with Crippen LogP contribution in [0.15, 0.2) is 90.6 Å². The summed E-state index contributed by atoms with van der Waals surface area (Å²) >= 11 is 0. The van der Waals surface area contributed by atoms with Crippen LogP contribution in [-0.2, 0) is 25.7 Å². The van der Waals surface area contributed by atoms with E-state index in [0.29, 0.717) is 11.4 Å². The third kappa shape index (κ3) is 5.58. The molecule has 1 aliphatic carbocycles. The minimum Gasteiger partial charge on any atom is -0.401 e. The summed E-state index contributed by atoms with van der Waals surface area (Å²) in [5.41, 5.74) is 11.1. The average Bonchev–Trinajstić information content (AvgIpc) is 2.91. The van der Waals surface area contributed by atoms with Crippen LogP contribution in [0.5, 0.6) is 5.75 Å². The van der Waals surface area contributed by atoms with Gasteiger partial charge in [-0.3, -0.25) is 9.78 Å². The molecule has 4 N–H and O–H groups in total. The molecular weight excluding hydrogens is 456 g/mol. The van der Waals surface area contributed by atoms with Gasteiger partial charge in [-0.1, -0.05) is 72.8 Å². The summed E-state index contributed by atoms with van der Waals surface area (Å²) < 4.78 is 0. The molecule has 0 saturated carbocycles. The van der Waals surface area contributed by atoms with Crippen LogP contribution in [0.4, 0.5) is 0 Å². The first-order valence-corrected chi connectivity index (χ1v) is 11.9. The van der Waals surface area contributed by atoms with Gasteiger partial charge in [0.1, 0.15) is 0 Å². The van der Waals surface area contributed by atoms with Crippen molar-refractivity contribution in [2.45, 2.75) is 38.0 Å². The molecule has 0 aliphatic heterocycles. The second kappa shape index (κ2) is 11.6. The van der Waals surface area contributed by atoms with Crippen LogP contribution in [0.2, 0.25) is 0 Å². The van der Waals surface area contributed by atoms with Crippen molar-refractivity contribution in [2.75, 3.05) is 0 Å². The Morgan fingerprint density at radius 3 is 2.17 bits per heavy atom. The molecule has 0 heterocycles.